The van der Waals surface area contributed by atoms with Gasteiger partial charge in [-0.25, -0.2) is 4.98 Å². The van der Waals surface area contributed by atoms with E-state index in [2.05, 4.69) is 32.0 Å². The van der Waals surface area contributed by atoms with Gasteiger partial charge in [0.05, 0.1) is 24.0 Å². The number of aromatic nitrogens is 1. The van der Waals surface area contributed by atoms with Crippen molar-refractivity contribution in [2.45, 2.75) is 38.6 Å². The number of carbonyl (C=O) groups excluding carboxylic acids is 2. The zero-order valence-electron chi connectivity index (χ0n) is 22.4. The number of hydrogen-bond donors (Lipinski definition) is 2. The lowest BCUT2D eigenvalue weighted by molar-refractivity contribution is -0.750. The van der Waals surface area contributed by atoms with E-state index in [1.807, 2.05) is 24.3 Å². The Morgan fingerprint density at radius 2 is 1.90 bits per heavy atom. The number of pyridine rings is 1. The minimum absolute atomic E-state index is 0.157. The van der Waals surface area contributed by atoms with Crippen LogP contribution in [-0.2, 0) is 4.79 Å². The maximum absolute atomic E-state index is 13.0. The fourth-order valence-corrected chi connectivity index (χ4v) is 5.74. The molecule has 2 atom stereocenters. The number of allylic oxidation sites excluding steroid dienone is 1. The maximum Gasteiger partial charge on any atom is 0.299 e. The van der Waals surface area contributed by atoms with Crippen LogP contribution in [0.2, 0.25) is 0 Å². The topological polar surface area (TPSA) is 116 Å². The Kier molecular flexibility index (Phi) is 6.76. The standard InChI is InChI=1S/C30H30N8O2/c1-2-6-27(39)37-17-5-7-24(37)28-25-20-32-14-18-38(25,31)29(35-28)21-8-10-22(11-9-21)30(40)34-26-19-23(12-13-33-26)36-15-3-4-16-36/h8-14,18-20,24H,3-5,7,15-17,31H2,1H3/p+1. The van der Waals surface area contributed by atoms with Gasteiger partial charge in [0.25, 0.3) is 17.6 Å². The molecule has 0 aliphatic carbocycles. The van der Waals surface area contributed by atoms with Gasteiger partial charge in [-0.15, -0.1) is 4.59 Å². The lowest BCUT2D eigenvalue weighted by Gasteiger charge is -2.27. The molecule has 0 saturated carbocycles. The number of nitrogens with zero attached hydrogens (tertiary/aromatic N) is 6. The van der Waals surface area contributed by atoms with Crippen LogP contribution in [0.15, 0.2) is 76.4 Å². The smallest absolute Gasteiger partial charge is 0.299 e. The number of nitrogens with two attached hydrogens (primary N) is 1. The number of carbonyl (C=O) groups is 2. The van der Waals surface area contributed by atoms with E-state index in [0.717, 1.165) is 48.6 Å². The molecule has 1 aromatic carbocycles. The summed E-state index contributed by atoms with van der Waals surface area (Å²) in [6, 6.07) is 10.8. The van der Waals surface area contributed by atoms with Gasteiger partial charge in [-0.2, -0.15) is 10.8 Å². The number of hydrogen-bond acceptors (Lipinski definition) is 7. The average Bonchev–Trinajstić information content (AvgIpc) is 3.72. The molecule has 0 bridgehead atoms. The molecule has 2 aromatic rings. The molecule has 10 nitrogen and oxygen atoms in total. The van der Waals surface area contributed by atoms with E-state index >= 15 is 0 Å². The molecule has 3 N–H and O–H groups in total. The second-order valence-electron chi connectivity index (χ2n) is 10.2. The first-order valence-corrected chi connectivity index (χ1v) is 13.6. The van der Waals surface area contributed by atoms with Crippen LogP contribution in [-0.4, -0.2) is 64.0 Å². The van der Waals surface area contributed by atoms with E-state index in [-0.39, 0.29) is 22.4 Å². The SMILES string of the molecule is CC#CC(=O)N1CCCC1C1=C2C=NC=C[N+]2(N)C(c2ccc(C(=O)Nc3cc(N4CCCC4)ccn3)cc2)=N1. The number of likely N-dealkylation sites (tertiary alicyclic amines) is 1. The van der Waals surface area contributed by atoms with E-state index in [0.29, 0.717) is 23.8 Å². The third-order valence-corrected chi connectivity index (χ3v) is 7.75. The molecule has 6 rings (SSSR count). The Hall–Kier alpha value is -4.59. The largest absolute Gasteiger partial charge is 0.371 e. The molecule has 40 heavy (non-hydrogen) atoms. The van der Waals surface area contributed by atoms with Crippen LogP contribution >= 0.6 is 0 Å². The van der Waals surface area contributed by atoms with Crippen molar-refractivity contribution >= 4 is 35.4 Å². The van der Waals surface area contributed by atoms with Crippen LogP contribution < -0.4 is 16.1 Å². The van der Waals surface area contributed by atoms with Crippen molar-refractivity contribution in [3.63, 3.8) is 0 Å². The van der Waals surface area contributed by atoms with Crippen LogP contribution in [0.5, 0.6) is 0 Å². The summed E-state index contributed by atoms with van der Waals surface area (Å²) >= 11 is 0. The number of fused-ring (bicyclic) bond motifs is 1. The minimum Gasteiger partial charge on any atom is -0.371 e. The molecule has 0 radical (unpaired) electrons. The van der Waals surface area contributed by atoms with E-state index < -0.39 is 0 Å². The maximum atomic E-state index is 13.0. The van der Waals surface area contributed by atoms with Gasteiger partial charge < -0.3 is 15.1 Å². The number of aliphatic imine (C=N–C) groups is 2. The van der Waals surface area contributed by atoms with Gasteiger partial charge in [-0.05, 0) is 68.9 Å². The summed E-state index contributed by atoms with van der Waals surface area (Å²) in [5, 5.41) is 2.91. The predicted molar refractivity (Wildman–Crippen MR) is 154 cm³/mol. The molecule has 4 aliphatic heterocycles. The molecule has 2 saturated heterocycles. The Morgan fingerprint density at radius 1 is 1.10 bits per heavy atom. The second-order valence-corrected chi connectivity index (χ2v) is 10.2. The fourth-order valence-electron chi connectivity index (χ4n) is 5.74. The molecule has 2 fully saturated rings. The molecule has 5 heterocycles. The quantitative estimate of drug-likeness (QED) is 0.347. The molecular weight excluding hydrogens is 504 g/mol. The number of amides is 2. The van der Waals surface area contributed by atoms with Crippen LogP contribution in [0.3, 0.4) is 0 Å². The highest BCUT2D eigenvalue weighted by molar-refractivity contribution is 6.05. The summed E-state index contributed by atoms with van der Waals surface area (Å²) in [6.45, 7) is 4.32. The van der Waals surface area contributed by atoms with E-state index in [1.165, 1.54) is 12.8 Å². The second kappa shape index (κ2) is 10.5. The highest BCUT2D eigenvalue weighted by Crippen LogP contribution is 2.37. The molecule has 0 spiro atoms. The van der Waals surface area contributed by atoms with E-state index in [4.69, 9.17) is 10.8 Å². The number of quaternary nitrogens is 1. The minimum atomic E-state index is -0.246. The summed E-state index contributed by atoms with van der Waals surface area (Å²) in [5.41, 5.74) is 3.77. The van der Waals surface area contributed by atoms with E-state index in [9.17, 15) is 9.59 Å². The summed E-state index contributed by atoms with van der Waals surface area (Å²) < 4.78 is -0.157. The Morgan fingerprint density at radius 3 is 2.67 bits per heavy atom. The summed E-state index contributed by atoms with van der Waals surface area (Å²) in [7, 11) is 0. The van der Waals surface area contributed by atoms with Gasteiger partial charge in [0.2, 0.25) is 5.70 Å². The van der Waals surface area contributed by atoms with Gasteiger partial charge in [-0.1, -0.05) is 5.92 Å². The van der Waals surface area contributed by atoms with Crippen LogP contribution in [0.1, 0.15) is 48.5 Å². The van der Waals surface area contributed by atoms with Gasteiger partial charge in [-0.3, -0.25) is 14.6 Å². The van der Waals surface area contributed by atoms with Crippen molar-refractivity contribution < 1.29 is 14.2 Å². The van der Waals surface area contributed by atoms with Crippen LogP contribution in [0.25, 0.3) is 0 Å². The lowest BCUT2D eigenvalue weighted by atomic mass is 10.1. The van der Waals surface area contributed by atoms with Crippen molar-refractivity contribution in [3.8, 4) is 11.8 Å². The third-order valence-electron chi connectivity index (χ3n) is 7.75. The highest BCUT2D eigenvalue weighted by Gasteiger charge is 2.48. The first-order valence-electron chi connectivity index (χ1n) is 13.6. The Labute approximate surface area is 233 Å². The van der Waals surface area contributed by atoms with Crippen LogP contribution in [0.4, 0.5) is 11.5 Å². The third kappa shape index (κ3) is 4.59. The number of rotatable bonds is 5. The average molecular weight is 536 g/mol. The van der Waals surface area contributed by atoms with Crippen molar-refractivity contribution in [1.29, 1.82) is 0 Å². The molecule has 2 amide bonds. The number of anilines is 2. The summed E-state index contributed by atoms with van der Waals surface area (Å²) in [4.78, 5) is 43.4. The van der Waals surface area contributed by atoms with Crippen LogP contribution in [0, 0.1) is 11.8 Å². The normalized spacial score (nSPS) is 23.1. The molecule has 202 valence electrons. The fraction of sp³-hybridized carbons (Fsp3) is 0.300. The van der Waals surface area contributed by atoms with Crippen molar-refractivity contribution in [3.05, 3.63) is 77.5 Å². The summed E-state index contributed by atoms with van der Waals surface area (Å²) in [5.74, 6) is 12.9. The highest BCUT2D eigenvalue weighted by atomic mass is 16.2. The molecular formula is C30H31N8O2+. The van der Waals surface area contributed by atoms with Gasteiger partial charge >= 0.3 is 0 Å². The Balaban J connectivity index is 1.24. The van der Waals surface area contributed by atoms with Crippen molar-refractivity contribution in [2.75, 3.05) is 29.9 Å². The van der Waals surface area contributed by atoms with Gasteiger partial charge in [0.15, 0.2) is 0 Å². The lowest BCUT2D eigenvalue weighted by Crippen LogP contribution is -2.53. The van der Waals surface area contributed by atoms with Crippen molar-refractivity contribution in [1.82, 2.24) is 9.88 Å². The zero-order chi connectivity index (χ0) is 27.7. The van der Waals surface area contributed by atoms with Crippen molar-refractivity contribution in [2.24, 2.45) is 15.8 Å². The van der Waals surface area contributed by atoms with Gasteiger partial charge in [0.1, 0.15) is 17.7 Å². The zero-order valence-corrected chi connectivity index (χ0v) is 22.4. The number of nitrogens with one attached hydrogen (secondary N) is 1. The summed E-state index contributed by atoms with van der Waals surface area (Å²) in [6.07, 6.45) is 10.8. The van der Waals surface area contributed by atoms with E-state index in [1.54, 1.807) is 48.8 Å². The number of amidine groups is 1. The molecule has 1 aromatic heterocycles. The monoisotopic (exact) mass is 535 g/mol. The first kappa shape index (κ1) is 25.7. The number of benzene rings is 1. The molecule has 2 unspecified atom stereocenters. The van der Waals surface area contributed by atoms with Gasteiger partial charge in [0, 0.05) is 43.1 Å². The molecule has 10 heteroatoms. The Bertz CT molecular complexity index is 1540. The molecule has 4 aliphatic rings. The first-order chi connectivity index (χ1) is 19.5. The predicted octanol–water partition coefficient (Wildman–Crippen LogP) is 3.17.